The van der Waals surface area contributed by atoms with Crippen molar-refractivity contribution in [3.05, 3.63) is 30.1 Å². The first-order valence-electron chi connectivity index (χ1n) is 9.84. The van der Waals surface area contributed by atoms with Gasteiger partial charge in [-0.25, -0.2) is 0 Å². The third kappa shape index (κ3) is 10.3. The highest BCUT2D eigenvalue weighted by Gasteiger charge is 2.11. The maximum atomic E-state index is 6.03. The first kappa shape index (κ1) is 23.1. The van der Waals surface area contributed by atoms with E-state index in [4.69, 9.17) is 4.74 Å². The molecule has 0 radical (unpaired) electrons. The Hall–Kier alpha value is -0.890. The van der Waals surface area contributed by atoms with Gasteiger partial charge in [0.2, 0.25) is 0 Å². The van der Waals surface area contributed by atoms with Crippen LogP contribution in [0.5, 0.6) is 0 Å². The van der Waals surface area contributed by atoms with Gasteiger partial charge >= 0.3 is 0 Å². The molecule has 26 heavy (non-hydrogen) atoms. The van der Waals surface area contributed by atoms with Gasteiger partial charge in [-0.15, -0.1) is 24.0 Å². The van der Waals surface area contributed by atoms with Gasteiger partial charge in [-0.05, 0) is 37.8 Å². The van der Waals surface area contributed by atoms with E-state index in [-0.39, 0.29) is 24.0 Å². The van der Waals surface area contributed by atoms with Gasteiger partial charge in [-0.2, -0.15) is 0 Å². The number of nitrogens with zero attached hydrogens (tertiary/aromatic N) is 2. The normalized spacial score (nSPS) is 15.8. The number of ether oxygens (including phenoxy) is 1. The summed E-state index contributed by atoms with van der Waals surface area (Å²) in [4.78, 5) is 8.59. The fraction of sp³-hybridized carbons (Fsp3) is 0.700. The summed E-state index contributed by atoms with van der Waals surface area (Å²) in [7, 11) is 1.81. The predicted molar refractivity (Wildman–Crippen MR) is 119 cm³/mol. The van der Waals surface area contributed by atoms with Crippen LogP contribution in [0.4, 0.5) is 0 Å². The molecule has 1 heterocycles. The second kappa shape index (κ2) is 15.2. The van der Waals surface area contributed by atoms with Crippen molar-refractivity contribution in [1.82, 2.24) is 15.6 Å². The number of halogens is 1. The van der Waals surface area contributed by atoms with Crippen LogP contribution < -0.4 is 10.6 Å². The minimum atomic E-state index is 0. The van der Waals surface area contributed by atoms with Crippen molar-refractivity contribution in [2.45, 2.75) is 63.9 Å². The van der Waals surface area contributed by atoms with Gasteiger partial charge in [0.1, 0.15) is 0 Å². The van der Waals surface area contributed by atoms with Crippen LogP contribution in [0, 0.1) is 0 Å². The molecule has 6 heteroatoms. The maximum absolute atomic E-state index is 6.03. The van der Waals surface area contributed by atoms with Crippen molar-refractivity contribution in [1.29, 1.82) is 0 Å². The molecule has 0 spiro atoms. The Balaban J connectivity index is 0.00000338. The van der Waals surface area contributed by atoms with Crippen LogP contribution in [-0.2, 0) is 11.2 Å². The Labute approximate surface area is 175 Å². The highest BCUT2D eigenvalue weighted by Crippen LogP contribution is 2.19. The van der Waals surface area contributed by atoms with E-state index in [9.17, 15) is 0 Å². The summed E-state index contributed by atoms with van der Waals surface area (Å²) in [5.74, 6) is 0.862. The van der Waals surface area contributed by atoms with Crippen molar-refractivity contribution < 1.29 is 4.74 Å². The Morgan fingerprint density at radius 1 is 1.12 bits per heavy atom. The van der Waals surface area contributed by atoms with Gasteiger partial charge < -0.3 is 15.4 Å². The lowest BCUT2D eigenvalue weighted by Crippen LogP contribution is -2.38. The molecular weight excluding hydrogens is 439 g/mol. The van der Waals surface area contributed by atoms with Crippen LogP contribution in [0.15, 0.2) is 29.4 Å². The summed E-state index contributed by atoms with van der Waals surface area (Å²) in [6, 6.07) is 6.01. The van der Waals surface area contributed by atoms with Crippen LogP contribution in [0.2, 0.25) is 0 Å². The van der Waals surface area contributed by atoms with E-state index < -0.39 is 0 Å². The lowest BCUT2D eigenvalue weighted by Gasteiger charge is -2.15. The molecule has 0 aliphatic heterocycles. The average molecular weight is 474 g/mol. The van der Waals surface area contributed by atoms with E-state index in [0.717, 1.165) is 50.6 Å². The van der Waals surface area contributed by atoms with Gasteiger partial charge in [0.25, 0.3) is 0 Å². The number of hydrogen-bond acceptors (Lipinski definition) is 3. The lowest BCUT2D eigenvalue weighted by molar-refractivity contribution is 0.0411. The third-order valence-corrected chi connectivity index (χ3v) is 4.64. The maximum Gasteiger partial charge on any atom is 0.190 e. The van der Waals surface area contributed by atoms with E-state index in [1.807, 2.05) is 31.4 Å². The summed E-state index contributed by atoms with van der Waals surface area (Å²) in [6.07, 6.45) is 13.4. The van der Waals surface area contributed by atoms with Gasteiger partial charge in [-0.1, -0.05) is 31.7 Å². The van der Waals surface area contributed by atoms with Crippen LogP contribution in [0.3, 0.4) is 0 Å². The molecule has 1 aromatic heterocycles. The van der Waals surface area contributed by atoms with E-state index in [1.54, 1.807) is 0 Å². The van der Waals surface area contributed by atoms with Gasteiger partial charge in [0.15, 0.2) is 5.96 Å². The number of aromatic nitrogens is 1. The molecule has 0 aromatic carbocycles. The lowest BCUT2D eigenvalue weighted by atomic mass is 10.1. The summed E-state index contributed by atoms with van der Waals surface area (Å²) in [6.45, 7) is 2.65. The molecule has 2 rings (SSSR count). The van der Waals surface area contributed by atoms with E-state index >= 15 is 0 Å². The summed E-state index contributed by atoms with van der Waals surface area (Å²) < 4.78 is 6.03. The molecule has 0 unspecified atom stereocenters. The summed E-state index contributed by atoms with van der Waals surface area (Å²) >= 11 is 0. The zero-order valence-corrected chi connectivity index (χ0v) is 18.4. The number of nitrogens with one attached hydrogen (secondary N) is 2. The molecule has 0 atom stereocenters. The van der Waals surface area contributed by atoms with Crippen molar-refractivity contribution in [2.75, 3.05) is 26.7 Å². The number of unbranched alkanes of at least 4 members (excludes halogenated alkanes) is 1. The minimum absolute atomic E-state index is 0. The molecule has 2 N–H and O–H groups in total. The first-order chi connectivity index (χ1) is 12.4. The number of guanidine groups is 1. The highest BCUT2D eigenvalue weighted by atomic mass is 127. The Morgan fingerprint density at radius 2 is 1.88 bits per heavy atom. The second-order valence-corrected chi connectivity index (χ2v) is 6.69. The molecule has 1 aliphatic rings. The van der Waals surface area contributed by atoms with Crippen LogP contribution in [-0.4, -0.2) is 43.8 Å². The van der Waals surface area contributed by atoms with Crippen LogP contribution in [0.1, 0.15) is 57.1 Å². The van der Waals surface area contributed by atoms with Crippen molar-refractivity contribution in [3.8, 4) is 0 Å². The molecule has 5 nitrogen and oxygen atoms in total. The van der Waals surface area contributed by atoms with Crippen molar-refractivity contribution in [2.24, 2.45) is 4.99 Å². The first-order valence-corrected chi connectivity index (χ1v) is 9.84. The molecule has 1 aliphatic carbocycles. The average Bonchev–Trinajstić information content (AvgIpc) is 2.92. The number of rotatable bonds is 9. The van der Waals surface area contributed by atoms with Gasteiger partial charge in [-0.3, -0.25) is 9.98 Å². The Kier molecular flexibility index (Phi) is 13.5. The third-order valence-electron chi connectivity index (χ3n) is 4.64. The monoisotopic (exact) mass is 474 g/mol. The van der Waals surface area contributed by atoms with Crippen molar-refractivity contribution in [3.63, 3.8) is 0 Å². The standard InChI is InChI=1S/C20H34N4O.HI/c1-21-20(24-16-13-18-10-6-7-14-22-18)23-15-8-9-17-25-19-11-4-2-3-5-12-19;/h6-7,10,14,19H,2-5,8-9,11-13,15-17H2,1H3,(H2,21,23,24);1H. The molecule has 0 bridgehead atoms. The molecule has 1 fully saturated rings. The number of hydrogen-bond donors (Lipinski definition) is 2. The molecule has 0 saturated heterocycles. The predicted octanol–water partition coefficient (Wildman–Crippen LogP) is 3.93. The largest absolute Gasteiger partial charge is 0.378 e. The molecule has 148 valence electrons. The molecule has 1 aromatic rings. The topological polar surface area (TPSA) is 58.5 Å². The fourth-order valence-electron chi connectivity index (χ4n) is 3.17. The second-order valence-electron chi connectivity index (χ2n) is 6.69. The SMILES string of the molecule is CN=C(NCCCCOC1CCCCCC1)NCCc1ccccn1.I. The number of aliphatic imine (C=N–C) groups is 1. The van der Waals surface area contributed by atoms with Gasteiger partial charge in [0, 0.05) is 45.1 Å². The summed E-state index contributed by atoms with van der Waals surface area (Å²) in [5, 5.41) is 6.70. The van der Waals surface area contributed by atoms with Crippen LogP contribution in [0.25, 0.3) is 0 Å². The van der Waals surface area contributed by atoms with Crippen LogP contribution >= 0.6 is 24.0 Å². The minimum Gasteiger partial charge on any atom is -0.378 e. The molecule has 0 amide bonds. The van der Waals surface area contributed by atoms with E-state index in [2.05, 4.69) is 20.6 Å². The molecule has 1 saturated carbocycles. The Bertz CT molecular complexity index is 476. The quantitative estimate of drug-likeness (QED) is 0.187. The van der Waals surface area contributed by atoms with Gasteiger partial charge in [0.05, 0.1) is 6.10 Å². The smallest absolute Gasteiger partial charge is 0.190 e. The summed E-state index contributed by atoms with van der Waals surface area (Å²) in [5.41, 5.74) is 1.10. The number of pyridine rings is 1. The van der Waals surface area contributed by atoms with E-state index in [0.29, 0.717) is 6.10 Å². The zero-order chi connectivity index (χ0) is 17.6. The molecular formula is C20H35IN4O. The van der Waals surface area contributed by atoms with E-state index in [1.165, 1.54) is 38.5 Å². The Morgan fingerprint density at radius 3 is 2.58 bits per heavy atom. The zero-order valence-electron chi connectivity index (χ0n) is 16.1. The fourth-order valence-corrected chi connectivity index (χ4v) is 3.17. The highest BCUT2D eigenvalue weighted by molar-refractivity contribution is 14.0. The van der Waals surface area contributed by atoms with Crippen molar-refractivity contribution >= 4 is 29.9 Å².